The molecular weight excluding hydrogens is 266 g/mol. The molecule has 21 heavy (non-hydrogen) atoms. The number of carbonyl (C=O) groups is 1. The molecule has 1 aliphatic carbocycles. The van der Waals surface area contributed by atoms with Crippen molar-refractivity contribution in [3.63, 3.8) is 0 Å². The van der Waals surface area contributed by atoms with Gasteiger partial charge in [0.25, 0.3) is 5.91 Å². The zero-order valence-electron chi connectivity index (χ0n) is 11.4. The quantitative estimate of drug-likeness (QED) is 0.875. The first-order valence-electron chi connectivity index (χ1n) is 7.04. The normalized spacial score (nSPS) is 23.0. The average Bonchev–Trinajstić information content (AvgIpc) is 3.29. The van der Waals surface area contributed by atoms with Crippen molar-refractivity contribution in [1.82, 2.24) is 20.2 Å². The van der Waals surface area contributed by atoms with Crippen LogP contribution in [0.1, 0.15) is 12.8 Å². The van der Waals surface area contributed by atoms with Gasteiger partial charge in [-0.1, -0.05) is 6.08 Å². The van der Waals surface area contributed by atoms with Gasteiger partial charge >= 0.3 is 0 Å². The lowest BCUT2D eigenvalue weighted by atomic mass is 10.2. The van der Waals surface area contributed by atoms with E-state index in [1.807, 2.05) is 24.4 Å². The summed E-state index contributed by atoms with van der Waals surface area (Å²) in [5.74, 6) is 0.943. The summed E-state index contributed by atoms with van der Waals surface area (Å²) in [7, 11) is 0. The Kier molecular flexibility index (Phi) is 2.73. The molecule has 6 nitrogen and oxygen atoms in total. The van der Waals surface area contributed by atoms with Crippen LogP contribution in [0.2, 0.25) is 0 Å². The van der Waals surface area contributed by atoms with E-state index in [1.54, 1.807) is 12.3 Å². The molecular formula is C15H15N5O. The predicted octanol–water partition coefficient (Wildman–Crippen LogP) is 1.35. The van der Waals surface area contributed by atoms with Crippen LogP contribution in [0.25, 0.3) is 0 Å². The molecule has 0 spiro atoms. The minimum Gasteiger partial charge on any atom is -0.358 e. The van der Waals surface area contributed by atoms with E-state index in [4.69, 9.17) is 0 Å². The zero-order valence-corrected chi connectivity index (χ0v) is 11.4. The van der Waals surface area contributed by atoms with E-state index in [1.165, 1.54) is 19.2 Å². The van der Waals surface area contributed by atoms with Crippen LogP contribution >= 0.6 is 0 Å². The van der Waals surface area contributed by atoms with E-state index < -0.39 is 0 Å². The van der Waals surface area contributed by atoms with Crippen molar-refractivity contribution in [3.8, 4) is 0 Å². The molecule has 1 aromatic heterocycles. The zero-order chi connectivity index (χ0) is 14.2. The van der Waals surface area contributed by atoms with Gasteiger partial charge in [0.2, 0.25) is 0 Å². The molecule has 6 heteroatoms. The minimum atomic E-state index is -0.170. The lowest BCUT2D eigenvalue weighted by Crippen LogP contribution is -2.37. The Morgan fingerprint density at radius 3 is 3.05 bits per heavy atom. The summed E-state index contributed by atoms with van der Waals surface area (Å²) in [6, 6.07) is 1.67. The maximum Gasteiger partial charge on any atom is 0.275 e. The van der Waals surface area contributed by atoms with Crippen molar-refractivity contribution in [2.45, 2.75) is 19.0 Å². The van der Waals surface area contributed by atoms with Gasteiger partial charge in [0.15, 0.2) is 0 Å². The molecule has 1 fully saturated rings. The Labute approximate surface area is 122 Å². The van der Waals surface area contributed by atoms with Gasteiger partial charge in [0.1, 0.15) is 24.0 Å². The lowest BCUT2D eigenvalue weighted by Gasteiger charge is -2.25. The number of hydrogen-bond donors (Lipinski definition) is 2. The van der Waals surface area contributed by atoms with Crippen molar-refractivity contribution in [2.24, 2.45) is 5.92 Å². The first-order valence-corrected chi connectivity index (χ1v) is 7.04. The van der Waals surface area contributed by atoms with Gasteiger partial charge in [-0.2, -0.15) is 0 Å². The molecule has 0 radical (unpaired) electrons. The first kappa shape index (κ1) is 12.1. The fourth-order valence-electron chi connectivity index (χ4n) is 2.68. The average molecular weight is 281 g/mol. The molecule has 2 aliphatic heterocycles. The monoisotopic (exact) mass is 281 g/mol. The highest BCUT2D eigenvalue weighted by atomic mass is 16.2. The Hall–Kier alpha value is -2.63. The summed E-state index contributed by atoms with van der Waals surface area (Å²) in [4.78, 5) is 22.5. The molecule has 1 unspecified atom stereocenters. The third-order valence-corrected chi connectivity index (χ3v) is 3.86. The number of allylic oxidation sites excluding steroid dienone is 3. The van der Waals surface area contributed by atoms with E-state index in [-0.39, 0.29) is 12.1 Å². The summed E-state index contributed by atoms with van der Waals surface area (Å²) in [6.07, 6.45) is 13.5. The molecule has 1 amide bonds. The number of rotatable bonds is 3. The predicted molar refractivity (Wildman–Crippen MR) is 77.5 cm³/mol. The van der Waals surface area contributed by atoms with E-state index in [9.17, 15) is 4.79 Å². The highest BCUT2D eigenvalue weighted by Crippen LogP contribution is 2.40. The lowest BCUT2D eigenvalue weighted by molar-refractivity contribution is -0.113. The minimum absolute atomic E-state index is 0.170. The number of anilines is 1. The highest BCUT2D eigenvalue weighted by molar-refractivity contribution is 6.04. The Bertz CT molecular complexity index is 660. The third-order valence-electron chi connectivity index (χ3n) is 3.86. The summed E-state index contributed by atoms with van der Waals surface area (Å²) < 4.78 is 0. The first-order chi connectivity index (χ1) is 10.3. The topological polar surface area (TPSA) is 70.2 Å². The van der Waals surface area contributed by atoms with Gasteiger partial charge < -0.3 is 15.5 Å². The Balaban J connectivity index is 1.59. The number of amides is 1. The van der Waals surface area contributed by atoms with Gasteiger partial charge in [-0.15, -0.1) is 0 Å². The van der Waals surface area contributed by atoms with Crippen molar-refractivity contribution in [1.29, 1.82) is 0 Å². The van der Waals surface area contributed by atoms with Crippen LogP contribution in [0.3, 0.4) is 0 Å². The van der Waals surface area contributed by atoms with E-state index in [2.05, 4.69) is 25.5 Å². The molecule has 3 heterocycles. The summed E-state index contributed by atoms with van der Waals surface area (Å²) >= 11 is 0. The molecule has 1 saturated carbocycles. The molecule has 0 bridgehead atoms. The smallest absolute Gasteiger partial charge is 0.275 e. The molecule has 1 aromatic rings. The van der Waals surface area contributed by atoms with Gasteiger partial charge in [-0.05, 0) is 37.0 Å². The molecule has 0 aromatic carbocycles. The number of hydrogen-bond acceptors (Lipinski definition) is 5. The molecule has 0 saturated heterocycles. The van der Waals surface area contributed by atoms with E-state index in [0.717, 1.165) is 5.70 Å². The SMILES string of the molecule is O=C(Nc1ccncn1)C1=C2C=CC=CN2C(C2CC2)N1. The molecule has 1 atom stereocenters. The van der Waals surface area contributed by atoms with Crippen LogP contribution in [-0.4, -0.2) is 26.9 Å². The fourth-order valence-corrected chi connectivity index (χ4v) is 2.68. The molecule has 3 aliphatic rings. The van der Waals surface area contributed by atoms with Gasteiger partial charge in [0.05, 0.1) is 5.70 Å². The van der Waals surface area contributed by atoms with Crippen LogP contribution < -0.4 is 10.6 Å². The number of carbonyl (C=O) groups excluding carboxylic acids is 1. The third kappa shape index (κ3) is 2.18. The van der Waals surface area contributed by atoms with Crippen molar-refractivity contribution < 1.29 is 4.79 Å². The van der Waals surface area contributed by atoms with Crippen LogP contribution in [0.4, 0.5) is 5.82 Å². The van der Waals surface area contributed by atoms with Gasteiger partial charge in [-0.25, -0.2) is 9.97 Å². The Morgan fingerprint density at radius 2 is 2.29 bits per heavy atom. The van der Waals surface area contributed by atoms with Crippen LogP contribution in [0.15, 0.2) is 54.4 Å². The second-order valence-corrected chi connectivity index (χ2v) is 5.34. The van der Waals surface area contributed by atoms with Gasteiger partial charge in [0, 0.05) is 12.4 Å². The largest absolute Gasteiger partial charge is 0.358 e. The van der Waals surface area contributed by atoms with Crippen molar-refractivity contribution in [2.75, 3.05) is 5.32 Å². The standard InChI is InChI=1S/C15H15N5O/c21-15(18-12-6-7-16-9-17-12)13-11-3-1-2-8-20(11)14(19-13)10-4-5-10/h1-3,6-10,14,19H,4-5H2,(H,16,17,18,21). The maximum absolute atomic E-state index is 12.5. The Morgan fingerprint density at radius 1 is 1.38 bits per heavy atom. The molecule has 4 rings (SSSR count). The van der Waals surface area contributed by atoms with Crippen LogP contribution in [0.5, 0.6) is 0 Å². The number of aromatic nitrogens is 2. The van der Waals surface area contributed by atoms with Crippen LogP contribution in [0, 0.1) is 5.92 Å². The number of nitrogens with one attached hydrogen (secondary N) is 2. The maximum atomic E-state index is 12.5. The summed E-state index contributed by atoms with van der Waals surface area (Å²) in [6.45, 7) is 0. The number of nitrogens with zero attached hydrogens (tertiary/aromatic N) is 3. The number of fused-ring (bicyclic) bond motifs is 1. The second kappa shape index (κ2) is 4.73. The van der Waals surface area contributed by atoms with Crippen molar-refractivity contribution >= 4 is 11.7 Å². The van der Waals surface area contributed by atoms with E-state index >= 15 is 0 Å². The second-order valence-electron chi connectivity index (χ2n) is 5.34. The van der Waals surface area contributed by atoms with Crippen LogP contribution in [-0.2, 0) is 4.79 Å². The van der Waals surface area contributed by atoms with Gasteiger partial charge in [-0.3, -0.25) is 4.79 Å². The summed E-state index contributed by atoms with van der Waals surface area (Å²) in [5.41, 5.74) is 1.52. The van der Waals surface area contributed by atoms with Crippen molar-refractivity contribution in [3.05, 3.63) is 54.4 Å². The summed E-state index contributed by atoms with van der Waals surface area (Å²) in [5, 5.41) is 6.16. The highest BCUT2D eigenvalue weighted by Gasteiger charge is 2.42. The molecule has 106 valence electrons. The molecule has 2 N–H and O–H groups in total. The van der Waals surface area contributed by atoms with E-state index in [0.29, 0.717) is 17.4 Å². The fraction of sp³-hybridized carbons (Fsp3) is 0.267.